The molecule has 0 aliphatic carbocycles. The van der Waals surface area contributed by atoms with E-state index in [1.165, 1.54) is 11.3 Å². The Balaban J connectivity index is 1.70. The number of thiazole rings is 1. The Bertz CT molecular complexity index is 985. The zero-order valence-electron chi connectivity index (χ0n) is 15.6. The first-order valence-electron chi connectivity index (χ1n) is 8.54. The molecule has 0 bridgehead atoms. The third-order valence-corrected chi connectivity index (χ3v) is 5.29. The van der Waals surface area contributed by atoms with Crippen LogP contribution < -0.4 is 14.8 Å². The lowest BCUT2D eigenvalue weighted by molar-refractivity contribution is -0.118. The fourth-order valence-electron chi connectivity index (χ4n) is 2.68. The summed E-state index contributed by atoms with van der Waals surface area (Å²) in [6.45, 7) is 6.11. The summed E-state index contributed by atoms with van der Waals surface area (Å²) in [6, 6.07) is 9.57. The molecule has 142 valence electrons. The molecule has 0 aliphatic rings. The summed E-state index contributed by atoms with van der Waals surface area (Å²) in [5.74, 6) is 1.37. The van der Waals surface area contributed by atoms with Crippen LogP contribution in [0, 0.1) is 6.92 Å². The highest BCUT2D eigenvalue weighted by atomic mass is 35.5. The molecular formula is C20H21ClN2O3S. The summed E-state index contributed by atoms with van der Waals surface area (Å²) in [6.07, 6.45) is 0. The van der Waals surface area contributed by atoms with Crippen molar-refractivity contribution in [1.82, 2.24) is 4.98 Å². The van der Waals surface area contributed by atoms with Crippen LogP contribution in [0.1, 0.15) is 30.9 Å². The van der Waals surface area contributed by atoms with E-state index in [4.69, 9.17) is 21.1 Å². The van der Waals surface area contributed by atoms with Gasteiger partial charge in [-0.2, -0.15) is 0 Å². The van der Waals surface area contributed by atoms with Crippen LogP contribution in [0.5, 0.6) is 11.5 Å². The van der Waals surface area contributed by atoms with Gasteiger partial charge in [0.25, 0.3) is 5.91 Å². The molecule has 3 aromatic rings. The van der Waals surface area contributed by atoms with Gasteiger partial charge < -0.3 is 9.47 Å². The number of hydrogen-bond acceptors (Lipinski definition) is 5. The molecule has 2 aromatic carbocycles. The number of rotatable bonds is 6. The quantitative estimate of drug-likeness (QED) is 0.596. The predicted molar refractivity (Wildman–Crippen MR) is 111 cm³/mol. The van der Waals surface area contributed by atoms with E-state index < -0.39 is 0 Å². The highest BCUT2D eigenvalue weighted by Crippen LogP contribution is 2.34. The predicted octanol–water partition coefficient (Wildman–Crippen LogP) is 5.41. The van der Waals surface area contributed by atoms with Gasteiger partial charge in [-0.25, -0.2) is 4.98 Å². The zero-order valence-corrected chi connectivity index (χ0v) is 17.2. The molecule has 3 rings (SSSR count). The lowest BCUT2D eigenvalue weighted by Gasteiger charge is -2.14. The topological polar surface area (TPSA) is 60.5 Å². The number of anilines is 1. The van der Waals surface area contributed by atoms with Gasteiger partial charge in [0.2, 0.25) is 0 Å². The van der Waals surface area contributed by atoms with Crippen molar-refractivity contribution in [3.8, 4) is 11.5 Å². The van der Waals surface area contributed by atoms with Crippen LogP contribution in [0.3, 0.4) is 0 Å². The molecule has 0 spiro atoms. The number of amides is 1. The molecule has 1 N–H and O–H groups in total. The minimum Gasteiger partial charge on any atom is -0.495 e. The molecule has 5 nitrogen and oxygen atoms in total. The van der Waals surface area contributed by atoms with Gasteiger partial charge in [0.15, 0.2) is 11.7 Å². The van der Waals surface area contributed by atoms with Gasteiger partial charge in [0.05, 0.1) is 22.3 Å². The highest BCUT2D eigenvalue weighted by Gasteiger charge is 2.13. The molecular weight excluding hydrogens is 384 g/mol. The SMILES string of the molecule is COc1cc2sc(NC(=O)COc3cc(C)ccc3C(C)C)nc2cc1Cl. The Labute approximate surface area is 167 Å². The number of halogens is 1. The van der Waals surface area contributed by atoms with Crippen molar-refractivity contribution in [2.24, 2.45) is 0 Å². The minimum atomic E-state index is -0.261. The molecule has 1 heterocycles. The van der Waals surface area contributed by atoms with Crippen molar-refractivity contribution >= 4 is 44.2 Å². The van der Waals surface area contributed by atoms with Crippen LogP contribution in [-0.4, -0.2) is 24.6 Å². The molecule has 27 heavy (non-hydrogen) atoms. The van der Waals surface area contributed by atoms with E-state index in [9.17, 15) is 4.79 Å². The molecule has 0 fully saturated rings. The lowest BCUT2D eigenvalue weighted by atomic mass is 10.0. The molecule has 1 amide bonds. The second kappa shape index (κ2) is 8.15. The van der Waals surface area contributed by atoms with Crippen molar-refractivity contribution < 1.29 is 14.3 Å². The van der Waals surface area contributed by atoms with E-state index in [-0.39, 0.29) is 12.5 Å². The molecule has 0 atom stereocenters. The maximum atomic E-state index is 12.3. The standard InChI is InChI=1S/C20H21ClN2O3S/c1-11(2)13-6-5-12(3)7-16(13)26-10-19(24)23-20-22-15-8-14(21)17(25-4)9-18(15)27-20/h5-9,11H,10H2,1-4H3,(H,22,23,24). The molecule has 0 saturated carbocycles. The Hall–Kier alpha value is -2.31. The molecule has 1 aromatic heterocycles. The van der Waals surface area contributed by atoms with Gasteiger partial charge in [-0.3, -0.25) is 10.1 Å². The number of aromatic nitrogens is 1. The number of carbonyl (C=O) groups excluding carboxylic acids is 1. The van der Waals surface area contributed by atoms with Gasteiger partial charge in [0.1, 0.15) is 11.5 Å². The summed E-state index contributed by atoms with van der Waals surface area (Å²) in [5.41, 5.74) is 2.88. The van der Waals surface area contributed by atoms with E-state index in [0.717, 1.165) is 21.6 Å². The molecule has 0 aliphatic heterocycles. The van der Waals surface area contributed by atoms with Crippen molar-refractivity contribution in [3.05, 3.63) is 46.5 Å². The maximum absolute atomic E-state index is 12.3. The van der Waals surface area contributed by atoms with Crippen molar-refractivity contribution in [3.63, 3.8) is 0 Å². The minimum absolute atomic E-state index is 0.0802. The summed E-state index contributed by atoms with van der Waals surface area (Å²) in [7, 11) is 1.56. The number of methoxy groups -OCH3 is 1. The number of nitrogens with one attached hydrogen (secondary N) is 1. The van der Waals surface area contributed by atoms with E-state index in [1.54, 1.807) is 13.2 Å². The van der Waals surface area contributed by atoms with Gasteiger partial charge >= 0.3 is 0 Å². The van der Waals surface area contributed by atoms with Gasteiger partial charge in [-0.05, 0) is 36.1 Å². The van der Waals surface area contributed by atoms with E-state index in [2.05, 4.69) is 24.1 Å². The van der Waals surface area contributed by atoms with Crippen LogP contribution in [0.15, 0.2) is 30.3 Å². The summed E-state index contributed by atoms with van der Waals surface area (Å²) in [4.78, 5) is 16.7. The number of carbonyl (C=O) groups is 1. The zero-order chi connectivity index (χ0) is 19.6. The molecule has 7 heteroatoms. The van der Waals surface area contributed by atoms with Crippen molar-refractivity contribution in [2.45, 2.75) is 26.7 Å². The second-order valence-corrected chi connectivity index (χ2v) is 7.94. The number of aryl methyl sites for hydroxylation is 1. The third kappa shape index (κ3) is 4.51. The maximum Gasteiger partial charge on any atom is 0.264 e. The number of hydrogen-bond donors (Lipinski definition) is 1. The average molecular weight is 405 g/mol. The monoisotopic (exact) mass is 404 g/mol. The molecule has 0 unspecified atom stereocenters. The van der Waals surface area contributed by atoms with Crippen LogP contribution in [0.2, 0.25) is 5.02 Å². The fourth-order valence-corrected chi connectivity index (χ4v) is 3.81. The van der Waals surface area contributed by atoms with Crippen molar-refractivity contribution in [2.75, 3.05) is 19.0 Å². The van der Waals surface area contributed by atoms with Crippen LogP contribution >= 0.6 is 22.9 Å². The number of benzene rings is 2. The fraction of sp³-hybridized carbons (Fsp3) is 0.300. The van der Waals surface area contributed by atoms with Gasteiger partial charge in [0, 0.05) is 6.07 Å². The number of fused-ring (bicyclic) bond motifs is 1. The van der Waals surface area contributed by atoms with E-state index in [1.807, 2.05) is 31.2 Å². The lowest BCUT2D eigenvalue weighted by Crippen LogP contribution is -2.20. The highest BCUT2D eigenvalue weighted by molar-refractivity contribution is 7.22. The Kier molecular flexibility index (Phi) is 5.87. The van der Waals surface area contributed by atoms with E-state index >= 15 is 0 Å². The third-order valence-electron chi connectivity index (χ3n) is 4.06. The summed E-state index contributed by atoms with van der Waals surface area (Å²) in [5, 5.41) is 3.76. The van der Waals surface area contributed by atoms with Crippen LogP contribution in [-0.2, 0) is 4.79 Å². The smallest absolute Gasteiger partial charge is 0.264 e. The number of nitrogens with zero attached hydrogens (tertiary/aromatic N) is 1. The van der Waals surface area contributed by atoms with Crippen LogP contribution in [0.25, 0.3) is 10.2 Å². The first-order chi connectivity index (χ1) is 12.9. The van der Waals surface area contributed by atoms with E-state index in [0.29, 0.717) is 27.3 Å². The first-order valence-corrected chi connectivity index (χ1v) is 9.74. The Morgan fingerprint density at radius 2 is 2.04 bits per heavy atom. The molecule has 0 radical (unpaired) electrons. The second-order valence-electron chi connectivity index (χ2n) is 6.51. The average Bonchev–Trinajstić information content (AvgIpc) is 2.99. The first kappa shape index (κ1) is 19.5. The van der Waals surface area contributed by atoms with Gasteiger partial charge in [-0.15, -0.1) is 0 Å². The summed E-state index contributed by atoms with van der Waals surface area (Å²) >= 11 is 7.48. The largest absolute Gasteiger partial charge is 0.495 e. The van der Waals surface area contributed by atoms with Crippen LogP contribution in [0.4, 0.5) is 5.13 Å². The molecule has 0 saturated heterocycles. The summed E-state index contributed by atoms with van der Waals surface area (Å²) < 4.78 is 11.9. The normalized spacial score (nSPS) is 11.0. The Morgan fingerprint density at radius 3 is 2.74 bits per heavy atom. The van der Waals surface area contributed by atoms with Gasteiger partial charge in [-0.1, -0.05) is 48.9 Å². The van der Waals surface area contributed by atoms with Crippen molar-refractivity contribution in [1.29, 1.82) is 0 Å². The Morgan fingerprint density at radius 1 is 1.26 bits per heavy atom. The number of ether oxygens (including phenoxy) is 2.